The molecule has 0 amide bonds. The zero-order valence-electron chi connectivity index (χ0n) is 11.0. The van der Waals surface area contributed by atoms with Gasteiger partial charge in [-0.2, -0.15) is 0 Å². The lowest BCUT2D eigenvalue weighted by atomic mass is 9.97. The summed E-state index contributed by atoms with van der Waals surface area (Å²) in [5.41, 5.74) is 1.29. The van der Waals surface area contributed by atoms with Crippen LogP contribution in [0.4, 0.5) is 0 Å². The summed E-state index contributed by atoms with van der Waals surface area (Å²) in [6.45, 7) is 2.10. The number of rotatable bonds is 5. The molecule has 0 aliphatic rings. The van der Waals surface area contributed by atoms with Crippen LogP contribution in [0.1, 0.15) is 22.8 Å². The molecule has 0 unspecified atom stereocenters. The predicted molar refractivity (Wildman–Crippen MR) is 72.8 cm³/mol. The third kappa shape index (κ3) is 2.69. The fraction of sp³-hybridized carbons (Fsp3) is 0.267. The van der Waals surface area contributed by atoms with Crippen LogP contribution in [0.5, 0.6) is 5.75 Å². The van der Waals surface area contributed by atoms with E-state index in [1.807, 2.05) is 31.2 Å². The molecule has 0 aliphatic carbocycles. The summed E-state index contributed by atoms with van der Waals surface area (Å²) in [5.74, 6) is -0.450. The summed E-state index contributed by atoms with van der Waals surface area (Å²) < 4.78 is 10.2. The average molecular weight is 260 g/mol. The van der Waals surface area contributed by atoms with E-state index < -0.39 is 5.97 Å². The maximum atomic E-state index is 11.4. The van der Waals surface area contributed by atoms with Gasteiger partial charge >= 0.3 is 5.97 Å². The first kappa shape index (κ1) is 13.4. The molecule has 0 fully saturated rings. The van der Waals surface area contributed by atoms with Crippen LogP contribution in [0.2, 0.25) is 0 Å². The van der Waals surface area contributed by atoms with E-state index >= 15 is 0 Å². The van der Waals surface area contributed by atoms with Crippen molar-refractivity contribution in [3.63, 3.8) is 0 Å². The van der Waals surface area contributed by atoms with Crippen LogP contribution in [0.3, 0.4) is 0 Å². The van der Waals surface area contributed by atoms with Gasteiger partial charge in [0, 0.05) is 7.11 Å². The molecule has 4 nitrogen and oxygen atoms in total. The van der Waals surface area contributed by atoms with Crippen molar-refractivity contribution >= 4 is 16.7 Å². The zero-order valence-corrected chi connectivity index (χ0v) is 11.0. The van der Waals surface area contributed by atoms with E-state index in [0.29, 0.717) is 5.75 Å². The van der Waals surface area contributed by atoms with Crippen molar-refractivity contribution in [1.29, 1.82) is 0 Å². The van der Waals surface area contributed by atoms with Crippen molar-refractivity contribution < 1.29 is 19.4 Å². The standard InChI is InChI=1S/C15H16O4/c1-3-10-5-4-6-11-7-12(19-9-18-2)8-13(14(10)11)15(16)17/h4-8H,3,9H2,1-2H3,(H,16,17). The minimum absolute atomic E-state index is 0.0953. The third-order valence-corrected chi connectivity index (χ3v) is 2.99. The van der Waals surface area contributed by atoms with Crippen LogP contribution in [0.15, 0.2) is 30.3 Å². The SMILES string of the molecule is CCc1cccc2cc(OCOC)cc(C(=O)O)c12. The minimum Gasteiger partial charge on any atom is -0.478 e. The van der Waals surface area contributed by atoms with Gasteiger partial charge in [-0.15, -0.1) is 0 Å². The minimum atomic E-state index is -0.950. The molecule has 0 aliphatic heterocycles. The number of carboxylic acids is 1. The van der Waals surface area contributed by atoms with Crippen molar-refractivity contribution in [2.45, 2.75) is 13.3 Å². The fourth-order valence-corrected chi connectivity index (χ4v) is 2.15. The number of carboxylic acid groups (broad SMARTS) is 1. The summed E-state index contributed by atoms with van der Waals surface area (Å²) in [7, 11) is 1.52. The van der Waals surface area contributed by atoms with Gasteiger partial charge in [-0.25, -0.2) is 4.79 Å². The van der Waals surface area contributed by atoms with E-state index in [2.05, 4.69) is 0 Å². The first-order valence-electron chi connectivity index (χ1n) is 6.08. The van der Waals surface area contributed by atoms with E-state index in [0.717, 1.165) is 22.8 Å². The second-order valence-corrected chi connectivity index (χ2v) is 4.20. The third-order valence-electron chi connectivity index (χ3n) is 2.99. The highest BCUT2D eigenvalue weighted by atomic mass is 16.7. The van der Waals surface area contributed by atoms with Crippen LogP contribution >= 0.6 is 0 Å². The molecule has 19 heavy (non-hydrogen) atoms. The second-order valence-electron chi connectivity index (χ2n) is 4.20. The van der Waals surface area contributed by atoms with Crippen molar-refractivity contribution in [3.8, 4) is 5.75 Å². The van der Waals surface area contributed by atoms with Crippen LogP contribution in [0.25, 0.3) is 10.8 Å². The number of hydrogen-bond donors (Lipinski definition) is 1. The van der Waals surface area contributed by atoms with E-state index in [4.69, 9.17) is 9.47 Å². The number of fused-ring (bicyclic) bond motifs is 1. The molecule has 0 bridgehead atoms. The monoisotopic (exact) mass is 260 g/mol. The number of carbonyl (C=O) groups is 1. The Hall–Kier alpha value is -2.07. The first-order chi connectivity index (χ1) is 9.17. The Morgan fingerprint density at radius 2 is 2.11 bits per heavy atom. The van der Waals surface area contributed by atoms with E-state index in [1.165, 1.54) is 7.11 Å². The van der Waals surface area contributed by atoms with Gasteiger partial charge in [0.05, 0.1) is 5.56 Å². The second kappa shape index (κ2) is 5.71. The van der Waals surface area contributed by atoms with Gasteiger partial charge < -0.3 is 14.6 Å². The van der Waals surface area contributed by atoms with Gasteiger partial charge in [0.25, 0.3) is 0 Å². The Balaban J connectivity index is 2.65. The first-order valence-corrected chi connectivity index (χ1v) is 6.08. The van der Waals surface area contributed by atoms with Crippen LogP contribution in [-0.4, -0.2) is 25.0 Å². The molecule has 2 aromatic rings. The summed E-state index contributed by atoms with van der Waals surface area (Å²) in [6, 6.07) is 9.14. The largest absolute Gasteiger partial charge is 0.478 e. The molecular weight excluding hydrogens is 244 g/mol. The lowest BCUT2D eigenvalue weighted by Gasteiger charge is -2.11. The highest BCUT2D eigenvalue weighted by Crippen LogP contribution is 2.29. The predicted octanol–water partition coefficient (Wildman–Crippen LogP) is 3.08. The number of methoxy groups -OCH3 is 1. The molecule has 0 atom stereocenters. The molecule has 0 saturated heterocycles. The quantitative estimate of drug-likeness (QED) is 0.839. The Morgan fingerprint density at radius 1 is 1.32 bits per heavy atom. The Labute approximate surface area is 111 Å². The van der Waals surface area contributed by atoms with Crippen LogP contribution < -0.4 is 4.74 Å². The van der Waals surface area contributed by atoms with Crippen molar-refractivity contribution in [1.82, 2.24) is 0 Å². The summed E-state index contributed by atoms with van der Waals surface area (Å²) >= 11 is 0. The van der Waals surface area contributed by atoms with E-state index in [1.54, 1.807) is 6.07 Å². The maximum Gasteiger partial charge on any atom is 0.336 e. The number of ether oxygens (including phenoxy) is 2. The molecule has 0 saturated carbocycles. The molecule has 100 valence electrons. The Bertz CT molecular complexity index is 604. The van der Waals surface area contributed by atoms with Gasteiger partial charge in [0.1, 0.15) is 5.75 Å². The molecule has 0 heterocycles. The van der Waals surface area contributed by atoms with Gasteiger partial charge in [0.2, 0.25) is 0 Å². The van der Waals surface area contributed by atoms with Crippen molar-refractivity contribution in [2.75, 3.05) is 13.9 Å². The van der Waals surface area contributed by atoms with Crippen molar-refractivity contribution in [3.05, 3.63) is 41.5 Å². The Morgan fingerprint density at radius 3 is 2.74 bits per heavy atom. The smallest absolute Gasteiger partial charge is 0.336 e. The zero-order chi connectivity index (χ0) is 13.8. The van der Waals surface area contributed by atoms with Gasteiger partial charge in [-0.1, -0.05) is 25.1 Å². The molecule has 0 radical (unpaired) electrons. The molecule has 2 aromatic carbocycles. The van der Waals surface area contributed by atoms with Crippen molar-refractivity contribution in [2.24, 2.45) is 0 Å². The number of benzene rings is 2. The normalized spacial score (nSPS) is 10.6. The fourth-order valence-electron chi connectivity index (χ4n) is 2.15. The molecule has 4 heteroatoms. The highest BCUT2D eigenvalue weighted by Gasteiger charge is 2.13. The van der Waals surface area contributed by atoms with Gasteiger partial charge in [-0.3, -0.25) is 0 Å². The molecular formula is C15H16O4. The number of aromatic carboxylic acids is 1. The van der Waals surface area contributed by atoms with Crippen LogP contribution in [0, 0.1) is 0 Å². The average Bonchev–Trinajstić information content (AvgIpc) is 2.43. The maximum absolute atomic E-state index is 11.4. The molecule has 2 rings (SSSR count). The van der Waals surface area contributed by atoms with E-state index in [-0.39, 0.29) is 12.4 Å². The van der Waals surface area contributed by atoms with Gasteiger partial charge in [-0.05, 0) is 34.9 Å². The number of hydrogen-bond acceptors (Lipinski definition) is 3. The van der Waals surface area contributed by atoms with E-state index in [9.17, 15) is 9.90 Å². The number of aryl methyl sites for hydroxylation is 1. The van der Waals surface area contributed by atoms with Gasteiger partial charge in [0.15, 0.2) is 6.79 Å². The lowest BCUT2D eigenvalue weighted by Crippen LogP contribution is -2.03. The molecule has 1 N–H and O–H groups in total. The molecule has 0 aromatic heterocycles. The van der Waals surface area contributed by atoms with Crippen LogP contribution in [-0.2, 0) is 11.2 Å². The summed E-state index contributed by atoms with van der Waals surface area (Å²) in [6.07, 6.45) is 0.788. The molecule has 0 spiro atoms. The summed E-state index contributed by atoms with van der Waals surface area (Å²) in [5, 5.41) is 11.0. The highest BCUT2D eigenvalue weighted by molar-refractivity contribution is 6.05. The lowest BCUT2D eigenvalue weighted by molar-refractivity contribution is 0.0509. The Kier molecular flexibility index (Phi) is 4.02. The summed E-state index contributed by atoms with van der Waals surface area (Å²) in [4.78, 5) is 11.4. The topological polar surface area (TPSA) is 55.8 Å².